The van der Waals surface area contributed by atoms with E-state index in [0.717, 1.165) is 6.42 Å². The Balaban J connectivity index is 2.77. The second kappa shape index (κ2) is 6.58. The summed E-state index contributed by atoms with van der Waals surface area (Å²) in [5, 5.41) is 5.24. The zero-order valence-electron chi connectivity index (χ0n) is 9.93. The number of nitrogens with zero attached hydrogens (tertiary/aromatic N) is 3. The molecule has 0 saturated carbocycles. The van der Waals surface area contributed by atoms with E-state index in [4.69, 9.17) is 0 Å². The van der Waals surface area contributed by atoms with Crippen LogP contribution in [0.5, 0.6) is 0 Å². The molecule has 0 unspecified atom stereocenters. The van der Waals surface area contributed by atoms with Crippen LogP contribution in [0, 0.1) is 5.82 Å². The molecule has 0 saturated heterocycles. The highest BCUT2D eigenvalue weighted by Gasteiger charge is 2.08. The topological polar surface area (TPSA) is 28.0 Å². The van der Waals surface area contributed by atoms with Gasteiger partial charge in [-0.05, 0) is 12.5 Å². The Kier molecular flexibility index (Phi) is 5.07. The maximum Gasteiger partial charge on any atom is 0.141 e. The van der Waals surface area contributed by atoms with Gasteiger partial charge in [0.25, 0.3) is 0 Å². The van der Waals surface area contributed by atoms with Gasteiger partial charge in [-0.25, -0.2) is 14.4 Å². The molecule has 0 bridgehead atoms. The zero-order valence-corrected chi connectivity index (χ0v) is 9.93. The Bertz CT molecular complexity index is 426. The van der Waals surface area contributed by atoms with E-state index in [2.05, 4.69) is 23.4 Å². The van der Waals surface area contributed by atoms with Gasteiger partial charge in [-0.3, -0.25) is 0 Å². The van der Waals surface area contributed by atoms with Crippen molar-refractivity contribution in [2.75, 3.05) is 0 Å². The smallest absolute Gasteiger partial charge is 0.141 e. The van der Waals surface area contributed by atoms with Gasteiger partial charge in [0.1, 0.15) is 11.6 Å². The van der Waals surface area contributed by atoms with Gasteiger partial charge in [0.05, 0.1) is 6.54 Å². The molecule has 1 rings (SSSR count). The fourth-order valence-electron chi connectivity index (χ4n) is 1.27. The van der Waals surface area contributed by atoms with E-state index in [1.807, 2.05) is 6.92 Å². The van der Waals surface area contributed by atoms with Crippen molar-refractivity contribution in [1.82, 2.24) is 5.01 Å². The lowest BCUT2D eigenvalue weighted by atomic mass is 10.2. The predicted octanol–water partition coefficient (Wildman–Crippen LogP) is 3.20. The number of hydrogen-bond acceptors (Lipinski definition) is 3. The number of benzene rings is 1. The fourth-order valence-corrected chi connectivity index (χ4v) is 1.27. The zero-order chi connectivity index (χ0) is 12.7. The molecule has 3 nitrogen and oxygen atoms in total. The summed E-state index contributed by atoms with van der Waals surface area (Å²) in [6.45, 7) is 9.44. The molecule has 0 aliphatic heterocycles. The van der Waals surface area contributed by atoms with E-state index in [-0.39, 0.29) is 12.4 Å². The van der Waals surface area contributed by atoms with Crippen LogP contribution in [0.2, 0.25) is 0 Å². The highest BCUT2D eigenvalue weighted by atomic mass is 19.1. The molecule has 0 amide bonds. The first kappa shape index (κ1) is 13.1. The van der Waals surface area contributed by atoms with Crippen LogP contribution in [-0.2, 0) is 6.54 Å². The van der Waals surface area contributed by atoms with Crippen molar-refractivity contribution in [3.8, 4) is 0 Å². The molecule has 4 heteroatoms. The Morgan fingerprint density at radius 3 is 2.76 bits per heavy atom. The maximum absolute atomic E-state index is 13.4. The number of hydrazone groups is 1. The first-order chi connectivity index (χ1) is 8.19. The van der Waals surface area contributed by atoms with Gasteiger partial charge < -0.3 is 0 Å². The minimum atomic E-state index is -0.270. The SMILES string of the molecule is C=NN(Cc1ccccc1F)C(=C)/N=C\CC. The molecular weight excluding hydrogens is 217 g/mol. The molecule has 0 radical (unpaired) electrons. The molecule has 1 aromatic rings. The molecule has 1 aromatic carbocycles. The summed E-state index contributed by atoms with van der Waals surface area (Å²) in [4.78, 5) is 4.09. The van der Waals surface area contributed by atoms with Crippen molar-refractivity contribution in [2.24, 2.45) is 10.1 Å². The van der Waals surface area contributed by atoms with Gasteiger partial charge in [-0.15, -0.1) is 0 Å². The van der Waals surface area contributed by atoms with Gasteiger partial charge in [0.15, 0.2) is 0 Å². The van der Waals surface area contributed by atoms with Gasteiger partial charge in [0, 0.05) is 18.5 Å². The van der Waals surface area contributed by atoms with Crippen LogP contribution >= 0.6 is 0 Å². The normalized spacial score (nSPS) is 10.5. The number of hydrogen-bond donors (Lipinski definition) is 0. The molecular formula is C13H16FN3. The Morgan fingerprint density at radius 1 is 1.47 bits per heavy atom. The molecule has 17 heavy (non-hydrogen) atoms. The molecule has 0 spiro atoms. The average molecular weight is 233 g/mol. The van der Waals surface area contributed by atoms with Gasteiger partial charge in [-0.2, -0.15) is 5.10 Å². The molecule has 0 aliphatic carbocycles. The second-order valence-electron chi connectivity index (χ2n) is 3.43. The van der Waals surface area contributed by atoms with E-state index in [1.165, 1.54) is 11.1 Å². The van der Waals surface area contributed by atoms with Crippen LogP contribution in [0.15, 0.2) is 46.8 Å². The lowest BCUT2D eigenvalue weighted by Crippen LogP contribution is -2.15. The summed E-state index contributed by atoms with van der Waals surface area (Å²) in [7, 11) is 0. The standard InChI is InChI=1S/C13H16FN3/c1-4-9-16-11(2)17(15-3)10-12-7-5-6-8-13(12)14/h5-9H,2-4,10H2,1H3/b16-9-. The maximum atomic E-state index is 13.4. The molecule has 0 aliphatic rings. The van der Waals surface area contributed by atoms with Gasteiger partial charge in [-0.1, -0.05) is 31.7 Å². The first-order valence-corrected chi connectivity index (χ1v) is 5.38. The van der Waals surface area contributed by atoms with Crippen molar-refractivity contribution in [1.29, 1.82) is 0 Å². The highest BCUT2D eigenvalue weighted by molar-refractivity contribution is 5.58. The van der Waals surface area contributed by atoms with E-state index in [9.17, 15) is 4.39 Å². The summed E-state index contributed by atoms with van der Waals surface area (Å²) in [6, 6.07) is 6.53. The summed E-state index contributed by atoms with van der Waals surface area (Å²) in [5.41, 5.74) is 0.535. The quantitative estimate of drug-likeness (QED) is 0.547. The van der Waals surface area contributed by atoms with Crippen LogP contribution < -0.4 is 0 Å². The Labute approximate surface area is 101 Å². The number of aliphatic imine (C=N–C) groups is 1. The van der Waals surface area contributed by atoms with Crippen molar-refractivity contribution in [2.45, 2.75) is 19.9 Å². The number of halogens is 1. The molecule has 0 N–H and O–H groups in total. The lowest BCUT2D eigenvalue weighted by Gasteiger charge is -2.17. The van der Waals surface area contributed by atoms with Crippen molar-refractivity contribution in [3.63, 3.8) is 0 Å². The van der Waals surface area contributed by atoms with Crippen LogP contribution in [0.1, 0.15) is 18.9 Å². The molecule has 0 atom stereocenters. The predicted molar refractivity (Wildman–Crippen MR) is 69.4 cm³/mol. The first-order valence-electron chi connectivity index (χ1n) is 5.38. The second-order valence-corrected chi connectivity index (χ2v) is 3.43. The fraction of sp³-hybridized carbons (Fsp3) is 0.231. The van der Waals surface area contributed by atoms with Gasteiger partial charge in [0.2, 0.25) is 0 Å². The molecule has 0 aromatic heterocycles. The Morgan fingerprint density at radius 2 is 2.18 bits per heavy atom. The summed E-state index contributed by atoms with van der Waals surface area (Å²) in [6.07, 6.45) is 2.53. The average Bonchev–Trinajstić information content (AvgIpc) is 2.35. The van der Waals surface area contributed by atoms with Crippen LogP contribution in [0.3, 0.4) is 0 Å². The molecule has 0 fully saturated rings. The van der Waals surface area contributed by atoms with E-state index < -0.39 is 0 Å². The van der Waals surface area contributed by atoms with Crippen LogP contribution in [-0.4, -0.2) is 17.9 Å². The molecule has 0 heterocycles. The largest absolute Gasteiger partial charge is 0.244 e. The van der Waals surface area contributed by atoms with Crippen molar-refractivity contribution in [3.05, 3.63) is 48.0 Å². The monoisotopic (exact) mass is 233 g/mol. The Hall–Kier alpha value is -1.97. The van der Waals surface area contributed by atoms with E-state index in [0.29, 0.717) is 11.4 Å². The minimum absolute atomic E-state index is 0.270. The minimum Gasteiger partial charge on any atom is -0.244 e. The van der Waals surface area contributed by atoms with Crippen LogP contribution in [0.25, 0.3) is 0 Å². The summed E-state index contributed by atoms with van der Waals surface area (Å²) < 4.78 is 13.4. The number of rotatable bonds is 6. The summed E-state index contributed by atoms with van der Waals surface area (Å²) >= 11 is 0. The van der Waals surface area contributed by atoms with Crippen molar-refractivity contribution < 1.29 is 4.39 Å². The van der Waals surface area contributed by atoms with E-state index in [1.54, 1.807) is 24.4 Å². The third kappa shape index (κ3) is 3.83. The van der Waals surface area contributed by atoms with Crippen LogP contribution in [0.4, 0.5) is 4.39 Å². The van der Waals surface area contributed by atoms with Crippen molar-refractivity contribution >= 4 is 12.9 Å². The third-order valence-electron chi connectivity index (χ3n) is 2.17. The summed E-state index contributed by atoms with van der Waals surface area (Å²) in [5.74, 6) is 0.179. The lowest BCUT2D eigenvalue weighted by molar-refractivity contribution is 0.351. The van der Waals surface area contributed by atoms with E-state index >= 15 is 0 Å². The third-order valence-corrected chi connectivity index (χ3v) is 2.17. The highest BCUT2D eigenvalue weighted by Crippen LogP contribution is 2.13. The van der Waals surface area contributed by atoms with Gasteiger partial charge >= 0.3 is 0 Å². The molecule has 90 valence electrons.